The molecule has 3 rings (SSSR count). The lowest BCUT2D eigenvalue weighted by Crippen LogP contribution is -2.36. The Balaban J connectivity index is 2.04. The second-order valence-corrected chi connectivity index (χ2v) is 12.4. The van der Waals surface area contributed by atoms with Gasteiger partial charge in [-0.3, -0.25) is 19.2 Å². The van der Waals surface area contributed by atoms with Gasteiger partial charge in [0, 0.05) is 48.7 Å². The fourth-order valence-corrected chi connectivity index (χ4v) is 5.95. The summed E-state index contributed by atoms with van der Waals surface area (Å²) in [7, 11) is 1.54. The van der Waals surface area contributed by atoms with Gasteiger partial charge in [-0.2, -0.15) is 0 Å². The number of fused-ring (bicyclic) bond motifs is 2. The summed E-state index contributed by atoms with van der Waals surface area (Å²) in [6.07, 6.45) is 7.92. The number of esters is 1. The molecule has 1 aromatic carbocycles. The van der Waals surface area contributed by atoms with E-state index in [4.69, 9.17) is 9.47 Å². The molecule has 0 unspecified atom stereocenters. The number of hydrogen-bond donors (Lipinski definition) is 2. The lowest BCUT2D eigenvalue weighted by Gasteiger charge is -2.30. The first-order valence-electron chi connectivity index (χ1n) is 15.6. The standard InChI is InChI=1S/C37H47NO7/c1-22-18-30-29(17-16-28-14-9-8-10-15-28)32(40)21-31(35(30)42)38-37(43)24(3)13-11-12-23(2)36(45-27(6)39)26(5)20-25(4)34(41)33(19-22)44-7/h8-15,20-23,25,33-34,36,41H,16-19H2,1-7H3,(H,38,43)/b12-11-,24-13+,26-20+/t22-,23+,25+,33+,34-,36-/m1/s1. The summed E-state index contributed by atoms with van der Waals surface area (Å²) in [5.41, 5.74) is 2.95. The van der Waals surface area contributed by atoms with Crippen LogP contribution in [0.4, 0.5) is 0 Å². The predicted octanol–water partition coefficient (Wildman–Crippen LogP) is 5.53. The fourth-order valence-electron chi connectivity index (χ4n) is 5.95. The summed E-state index contributed by atoms with van der Waals surface area (Å²) in [4.78, 5) is 52.3. The van der Waals surface area contributed by atoms with E-state index in [2.05, 4.69) is 5.32 Å². The van der Waals surface area contributed by atoms with E-state index in [-0.39, 0.29) is 41.4 Å². The highest BCUT2D eigenvalue weighted by Gasteiger charge is 2.33. The van der Waals surface area contributed by atoms with Crippen molar-refractivity contribution in [2.45, 2.75) is 85.5 Å². The molecule has 2 N–H and O–H groups in total. The van der Waals surface area contributed by atoms with E-state index in [9.17, 15) is 24.3 Å². The molecule has 6 atom stereocenters. The van der Waals surface area contributed by atoms with E-state index < -0.39 is 30.2 Å². The van der Waals surface area contributed by atoms with Crippen LogP contribution in [0.25, 0.3) is 0 Å². The number of nitrogens with one attached hydrogen (secondary N) is 1. The third-order valence-corrected chi connectivity index (χ3v) is 8.48. The van der Waals surface area contributed by atoms with Crippen LogP contribution in [0.5, 0.6) is 0 Å². The number of amides is 1. The Labute approximate surface area is 267 Å². The van der Waals surface area contributed by atoms with Gasteiger partial charge in [0.1, 0.15) is 6.10 Å². The van der Waals surface area contributed by atoms with Gasteiger partial charge in [0.15, 0.2) is 5.78 Å². The zero-order valence-corrected chi connectivity index (χ0v) is 27.5. The van der Waals surface area contributed by atoms with E-state index in [1.807, 2.05) is 70.2 Å². The molecular formula is C37H47NO7. The van der Waals surface area contributed by atoms with Crippen LogP contribution >= 0.6 is 0 Å². The van der Waals surface area contributed by atoms with E-state index in [1.165, 1.54) is 13.0 Å². The van der Waals surface area contributed by atoms with Crippen LogP contribution in [0.3, 0.4) is 0 Å². The average molecular weight is 618 g/mol. The van der Waals surface area contributed by atoms with E-state index in [0.29, 0.717) is 36.0 Å². The summed E-state index contributed by atoms with van der Waals surface area (Å²) in [5, 5.41) is 14.0. The molecule has 0 aromatic heterocycles. The molecule has 1 aromatic rings. The largest absolute Gasteiger partial charge is 0.457 e. The van der Waals surface area contributed by atoms with Crippen molar-refractivity contribution >= 4 is 23.4 Å². The molecule has 0 spiro atoms. The average Bonchev–Trinajstić information content (AvgIpc) is 3.00. The topological polar surface area (TPSA) is 119 Å². The number of aryl methyl sites for hydroxylation is 1. The molecule has 0 radical (unpaired) electrons. The first-order chi connectivity index (χ1) is 21.3. The maximum Gasteiger partial charge on any atom is 0.303 e. The van der Waals surface area contributed by atoms with Gasteiger partial charge in [0.2, 0.25) is 5.78 Å². The molecule has 1 amide bonds. The first-order valence-corrected chi connectivity index (χ1v) is 15.6. The van der Waals surface area contributed by atoms with Gasteiger partial charge in [0.05, 0.1) is 17.9 Å². The zero-order valence-electron chi connectivity index (χ0n) is 27.5. The number of hydrogen-bond acceptors (Lipinski definition) is 7. The highest BCUT2D eigenvalue weighted by molar-refractivity contribution is 6.23. The number of aliphatic hydroxyl groups excluding tert-OH is 1. The molecular weight excluding hydrogens is 570 g/mol. The second-order valence-electron chi connectivity index (χ2n) is 12.4. The van der Waals surface area contributed by atoms with Crippen LogP contribution in [0.15, 0.2) is 88.7 Å². The highest BCUT2D eigenvalue weighted by atomic mass is 16.5. The SMILES string of the molecule is CO[C@H]1C[C@H](C)CC2=C(CCc3ccccc3)C(=O)C=C(NC(=O)/C(C)=C/C=C\[C@H](C)[C@@H](OC(C)=O)/C(C)=C/[C@H](C)[C@H]1O)C2=O. The Morgan fingerprint density at radius 2 is 1.71 bits per heavy atom. The van der Waals surface area contributed by atoms with Crippen LogP contribution < -0.4 is 5.32 Å². The van der Waals surface area contributed by atoms with Gasteiger partial charge in [-0.05, 0) is 56.6 Å². The maximum atomic E-state index is 13.8. The van der Waals surface area contributed by atoms with Crippen LogP contribution in [-0.4, -0.2) is 54.0 Å². The predicted molar refractivity (Wildman–Crippen MR) is 174 cm³/mol. The number of aliphatic hydroxyl groups is 1. The molecule has 2 aliphatic rings. The van der Waals surface area contributed by atoms with Gasteiger partial charge in [-0.15, -0.1) is 0 Å². The molecule has 1 heterocycles. The number of ketones is 2. The van der Waals surface area contributed by atoms with E-state index in [1.54, 1.807) is 26.2 Å². The third kappa shape index (κ3) is 9.80. The van der Waals surface area contributed by atoms with Crippen molar-refractivity contribution in [3.8, 4) is 0 Å². The molecule has 8 nitrogen and oxygen atoms in total. The quantitative estimate of drug-likeness (QED) is 0.254. The fraction of sp³-hybridized carbons (Fsp3) is 0.459. The molecule has 1 aliphatic heterocycles. The van der Waals surface area contributed by atoms with Crippen molar-refractivity contribution in [1.29, 1.82) is 0 Å². The van der Waals surface area contributed by atoms with E-state index in [0.717, 1.165) is 11.1 Å². The van der Waals surface area contributed by atoms with Crippen molar-refractivity contribution in [2.75, 3.05) is 7.11 Å². The summed E-state index contributed by atoms with van der Waals surface area (Å²) in [6, 6.07) is 9.77. The Kier molecular flexibility index (Phi) is 13.0. The molecule has 1 aliphatic carbocycles. The molecule has 0 saturated heterocycles. The minimum Gasteiger partial charge on any atom is -0.457 e. The number of carbonyl (C=O) groups is 4. The number of allylic oxidation sites excluding steroid dienone is 5. The van der Waals surface area contributed by atoms with Gasteiger partial charge in [-0.1, -0.05) is 75.4 Å². The minimum atomic E-state index is -0.881. The van der Waals surface area contributed by atoms with Crippen molar-refractivity contribution in [2.24, 2.45) is 17.8 Å². The van der Waals surface area contributed by atoms with Gasteiger partial charge >= 0.3 is 5.97 Å². The van der Waals surface area contributed by atoms with Crippen LogP contribution in [0.2, 0.25) is 0 Å². The molecule has 0 fully saturated rings. The van der Waals surface area contributed by atoms with Gasteiger partial charge < -0.3 is 19.9 Å². The number of ether oxygens (including phenoxy) is 2. The van der Waals surface area contributed by atoms with Crippen LogP contribution in [0, 0.1) is 17.8 Å². The molecule has 45 heavy (non-hydrogen) atoms. The monoisotopic (exact) mass is 617 g/mol. The van der Waals surface area contributed by atoms with Gasteiger partial charge in [-0.25, -0.2) is 0 Å². The lowest BCUT2D eigenvalue weighted by atomic mass is 9.82. The van der Waals surface area contributed by atoms with Crippen molar-refractivity contribution < 1.29 is 33.8 Å². The lowest BCUT2D eigenvalue weighted by molar-refractivity contribution is -0.146. The minimum absolute atomic E-state index is 0.0506. The van der Waals surface area contributed by atoms with Crippen molar-refractivity contribution in [3.63, 3.8) is 0 Å². The van der Waals surface area contributed by atoms with Gasteiger partial charge in [0.25, 0.3) is 5.91 Å². The smallest absolute Gasteiger partial charge is 0.303 e. The summed E-state index contributed by atoms with van der Waals surface area (Å²) in [5.74, 6) is -2.32. The van der Waals surface area contributed by atoms with Crippen molar-refractivity contribution in [3.05, 3.63) is 94.3 Å². The maximum absolute atomic E-state index is 13.8. The van der Waals surface area contributed by atoms with Crippen molar-refractivity contribution in [1.82, 2.24) is 5.32 Å². The molecule has 8 heteroatoms. The molecule has 0 saturated carbocycles. The summed E-state index contributed by atoms with van der Waals surface area (Å²) >= 11 is 0. The number of Topliss-reactive ketones (excluding diaryl/α,β-unsaturated/α-hetero) is 1. The number of methoxy groups -OCH3 is 1. The summed E-state index contributed by atoms with van der Waals surface area (Å²) in [6.45, 7) is 10.6. The second kappa shape index (κ2) is 16.4. The van der Waals surface area contributed by atoms with Crippen LogP contribution in [-0.2, 0) is 35.1 Å². The molecule has 242 valence electrons. The number of carbonyl (C=O) groups excluding carboxylic acids is 4. The zero-order chi connectivity index (χ0) is 33.3. The normalized spacial score (nSPS) is 30.4. The van der Waals surface area contributed by atoms with Crippen LogP contribution in [0.1, 0.15) is 66.4 Å². The highest BCUT2D eigenvalue weighted by Crippen LogP contribution is 2.31. The Hall–Kier alpha value is -3.88. The Morgan fingerprint density at radius 1 is 1.02 bits per heavy atom. The number of rotatable bonds is 5. The molecule has 2 bridgehead atoms. The third-order valence-electron chi connectivity index (χ3n) is 8.48. The first kappa shape index (κ1) is 35.6. The summed E-state index contributed by atoms with van der Waals surface area (Å²) < 4.78 is 11.4. The Bertz CT molecular complexity index is 1420. The Morgan fingerprint density at radius 3 is 2.36 bits per heavy atom. The number of benzene rings is 1. The van der Waals surface area contributed by atoms with E-state index >= 15 is 0 Å².